The second kappa shape index (κ2) is 7.29. The summed E-state index contributed by atoms with van der Waals surface area (Å²) >= 11 is 0. The maximum absolute atomic E-state index is 12.7. The summed E-state index contributed by atoms with van der Waals surface area (Å²) in [6, 6.07) is -1.38. The van der Waals surface area contributed by atoms with Crippen molar-refractivity contribution >= 4 is 17.8 Å². The summed E-state index contributed by atoms with van der Waals surface area (Å²) in [5, 5.41) is 0. The summed E-state index contributed by atoms with van der Waals surface area (Å²) in [6.07, 6.45) is 2.47. The molecule has 23 heavy (non-hydrogen) atoms. The minimum atomic E-state index is -0.792. The Balaban J connectivity index is 2.13. The van der Waals surface area contributed by atoms with Gasteiger partial charge in [-0.25, -0.2) is 4.79 Å². The van der Waals surface area contributed by atoms with Crippen molar-refractivity contribution in [3.63, 3.8) is 0 Å². The molecular formula is C16H27N3O4. The van der Waals surface area contributed by atoms with Crippen LogP contribution in [0.15, 0.2) is 0 Å². The Labute approximate surface area is 137 Å². The van der Waals surface area contributed by atoms with E-state index in [4.69, 9.17) is 10.5 Å². The first-order valence-corrected chi connectivity index (χ1v) is 8.28. The summed E-state index contributed by atoms with van der Waals surface area (Å²) in [5.41, 5.74) is 6.03. The highest BCUT2D eigenvalue weighted by Gasteiger charge is 2.44. The maximum Gasteiger partial charge on any atom is 0.328 e. The number of carbonyl (C=O) groups excluding carboxylic acids is 3. The van der Waals surface area contributed by atoms with Crippen LogP contribution in [-0.2, 0) is 19.1 Å². The fraction of sp³-hybridized carbons (Fsp3) is 0.812. The molecule has 2 rings (SSSR count). The van der Waals surface area contributed by atoms with Crippen LogP contribution >= 0.6 is 0 Å². The maximum atomic E-state index is 12.7. The van der Waals surface area contributed by atoms with Crippen LogP contribution in [0.25, 0.3) is 0 Å². The average molecular weight is 325 g/mol. The van der Waals surface area contributed by atoms with Crippen molar-refractivity contribution in [2.24, 2.45) is 11.7 Å². The van der Waals surface area contributed by atoms with Crippen LogP contribution < -0.4 is 5.73 Å². The molecule has 0 aromatic rings. The highest BCUT2D eigenvalue weighted by atomic mass is 16.5. The topological polar surface area (TPSA) is 92.9 Å². The lowest BCUT2D eigenvalue weighted by Gasteiger charge is -2.37. The highest BCUT2D eigenvalue weighted by molar-refractivity contribution is 5.89. The predicted octanol–water partition coefficient (Wildman–Crippen LogP) is 0.125. The Kier molecular flexibility index (Phi) is 5.62. The standard InChI is InChI=1S/C16H27N3O4/c1-10(2)8-14(20)18-7-6-11-4-5-13(16(22)23-3)19(11)15(21)12(17)9-18/h10-13H,4-9,17H2,1-3H3/t11-,12+,13+/m1/s1. The van der Waals surface area contributed by atoms with Gasteiger partial charge >= 0.3 is 5.97 Å². The minimum Gasteiger partial charge on any atom is -0.467 e. The van der Waals surface area contributed by atoms with Crippen LogP contribution in [0, 0.1) is 5.92 Å². The van der Waals surface area contributed by atoms with Gasteiger partial charge in [0.15, 0.2) is 0 Å². The van der Waals surface area contributed by atoms with Gasteiger partial charge in [-0.2, -0.15) is 0 Å². The normalized spacial score (nSPS) is 28.4. The first-order chi connectivity index (χ1) is 10.8. The third kappa shape index (κ3) is 3.83. The van der Waals surface area contributed by atoms with Crippen molar-refractivity contribution in [3.05, 3.63) is 0 Å². The summed E-state index contributed by atoms with van der Waals surface area (Å²) < 4.78 is 4.80. The summed E-state index contributed by atoms with van der Waals surface area (Å²) in [5.74, 6) is -0.336. The van der Waals surface area contributed by atoms with Crippen LogP contribution in [-0.4, -0.2) is 65.9 Å². The molecule has 3 atom stereocenters. The van der Waals surface area contributed by atoms with Crippen molar-refractivity contribution < 1.29 is 19.1 Å². The Morgan fingerprint density at radius 2 is 2.00 bits per heavy atom. The molecule has 0 aromatic carbocycles. The van der Waals surface area contributed by atoms with Crippen molar-refractivity contribution in [3.8, 4) is 0 Å². The zero-order valence-electron chi connectivity index (χ0n) is 14.2. The Morgan fingerprint density at radius 3 is 2.61 bits per heavy atom. The molecule has 0 radical (unpaired) electrons. The highest BCUT2D eigenvalue weighted by Crippen LogP contribution is 2.29. The third-order valence-electron chi connectivity index (χ3n) is 4.63. The molecule has 2 amide bonds. The van der Waals surface area contributed by atoms with Gasteiger partial charge in [-0.3, -0.25) is 9.59 Å². The van der Waals surface area contributed by atoms with E-state index in [2.05, 4.69) is 0 Å². The van der Waals surface area contributed by atoms with E-state index in [0.29, 0.717) is 25.8 Å². The number of nitrogens with two attached hydrogens (primary N) is 1. The molecule has 0 spiro atoms. The molecule has 2 saturated heterocycles. The van der Waals surface area contributed by atoms with Crippen LogP contribution in [0.4, 0.5) is 0 Å². The molecule has 0 saturated carbocycles. The van der Waals surface area contributed by atoms with Gasteiger partial charge in [-0.15, -0.1) is 0 Å². The van der Waals surface area contributed by atoms with Crippen LogP contribution in [0.3, 0.4) is 0 Å². The lowest BCUT2D eigenvalue weighted by atomic mass is 10.1. The lowest BCUT2D eigenvalue weighted by Crippen LogP contribution is -2.58. The fourth-order valence-corrected chi connectivity index (χ4v) is 3.48. The molecule has 2 N–H and O–H groups in total. The monoisotopic (exact) mass is 325 g/mol. The molecule has 2 aliphatic heterocycles. The molecule has 2 aliphatic rings. The van der Waals surface area contributed by atoms with Crippen LogP contribution in [0.2, 0.25) is 0 Å². The van der Waals surface area contributed by atoms with Gasteiger partial charge in [-0.1, -0.05) is 13.8 Å². The quantitative estimate of drug-likeness (QED) is 0.744. The van der Waals surface area contributed by atoms with E-state index in [1.54, 1.807) is 9.80 Å². The molecule has 0 unspecified atom stereocenters. The second-order valence-electron chi connectivity index (χ2n) is 6.85. The Morgan fingerprint density at radius 1 is 1.30 bits per heavy atom. The fourth-order valence-electron chi connectivity index (χ4n) is 3.48. The first-order valence-electron chi connectivity index (χ1n) is 8.28. The number of amides is 2. The van der Waals surface area contributed by atoms with E-state index in [0.717, 1.165) is 6.42 Å². The zero-order valence-corrected chi connectivity index (χ0v) is 14.2. The first kappa shape index (κ1) is 17.7. The van der Waals surface area contributed by atoms with Crippen molar-refractivity contribution in [1.29, 1.82) is 0 Å². The Hall–Kier alpha value is -1.63. The lowest BCUT2D eigenvalue weighted by molar-refractivity contribution is -0.154. The van der Waals surface area contributed by atoms with Gasteiger partial charge in [0.05, 0.1) is 7.11 Å². The number of fused-ring (bicyclic) bond motifs is 1. The molecule has 0 bridgehead atoms. The number of ether oxygens (including phenoxy) is 1. The van der Waals surface area contributed by atoms with Crippen LogP contribution in [0.1, 0.15) is 39.5 Å². The van der Waals surface area contributed by atoms with E-state index in [1.807, 2.05) is 13.8 Å². The van der Waals surface area contributed by atoms with Gasteiger partial charge in [0.2, 0.25) is 11.8 Å². The van der Waals surface area contributed by atoms with Gasteiger partial charge in [0.1, 0.15) is 12.1 Å². The van der Waals surface area contributed by atoms with Gasteiger partial charge < -0.3 is 20.3 Å². The predicted molar refractivity (Wildman–Crippen MR) is 84.3 cm³/mol. The molecular weight excluding hydrogens is 298 g/mol. The molecule has 7 nitrogen and oxygen atoms in total. The SMILES string of the molecule is COC(=O)[C@@H]1CC[C@@H]2CCN(C(=O)CC(C)C)C[C@H](N)C(=O)N21. The minimum absolute atomic E-state index is 0.0409. The van der Waals surface area contributed by atoms with Crippen molar-refractivity contribution in [1.82, 2.24) is 9.80 Å². The number of nitrogens with zero attached hydrogens (tertiary/aromatic N) is 2. The van der Waals surface area contributed by atoms with Crippen molar-refractivity contribution in [2.75, 3.05) is 20.2 Å². The summed E-state index contributed by atoms with van der Waals surface area (Å²) in [7, 11) is 1.33. The smallest absolute Gasteiger partial charge is 0.328 e. The van der Waals surface area contributed by atoms with E-state index >= 15 is 0 Å². The van der Waals surface area contributed by atoms with E-state index in [9.17, 15) is 14.4 Å². The largest absolute Gasteiger partial charge is 0.467 e. The number of esters is 1. The summed E-state index contributed by atoms with van der Waals surface area (Å²) in [6.45, 7) is 4.77. The molecule has 0 aromatic heterocycles. The number of methoxy groups -OCH3 is 1. The van der Waals surface area contributed by atoms with Crippen LogP contribution in [0.5, 0.6) is 0 Å². The average Bonchev–Trinajstić information content (AvgIpc) is 2.90. The second-order valence-corrected chi connectivity index (χ2v) is 6.85. The van der Waals surface area contributed by atoms with Gasteiger partial charge in [0.25, 0.3) is 0 Å². The van der Waals surface area contributed by atoms with Gasteiger partial charge in [-0.05, 0) is 25.2 Å². The molecule has 130 valence electrons. The zero-order chi connectivity index (χ0) is 17.1. The molecule has 2 heterocycles. The molecule has 2 fully saturated rings. The number of carbonyl (C=O) groups is 3. The van der Waals surface area contributed by atoms with E-state index in [1.165, 1.54) is 7.11 Å². The number of rotatable bonds is 3. The summed E-state index contributed by atoms with van der Waals surface area (Å²) in [4.78, 5) is 40.2. The van der Waals surface area contributed by atoms with E-state index < -0.39 is 12.1 Å². The van der Waals surface area contributed by atoms with Crippen molar-refractivity contribution in [2.45, 2.75) is 57.7 Å². The molecule has 7 heteroatoms. The van der Waals surface area contributed by atoms with E-state index in [-0.39, 0.29) is 36.3 Å². The molecule has 0 aliphatic carbocycles. The number of hydrogen-bond donors (Lipinski definition) is 1. The van der Waals surface area contributed by atoms with Gasteiger partial charge in [0, 0.05) is 25.6 Å². The Bertz CT molecular complexity index is 480. The third-order valence-corrected chi connectivity index (χ3v) is 4.63. The number of hydrogen-bond acceptors (Lipinski definition) is 5.